The predicted molar refractivity (Wildman–Crippen MR) is 83.8 cm³/mol. The summed E-state index contributed by atoms with van der Waals surface area (Å²) in [6, 6.07) is 9.40. The summed E-state index contributed by atoms with van der Waals surface area (Å²) in [7, 11) is -4.04. The van der Waals surface area contributed by atoms with Crippen molar-refractivity contribution in [1.29, 1.82) is 0 Å². The van der Waals surface area contributed by atoms with Crippen molar-refractivity contribution < 1.29 is 23.5 Å². The molecule has 0 spiro atoms. The molecule has 3 rings (SSSR count). The highest BCUT2D eigenvalue weighted by molar-refractivity contribution is 7.58. The number of fused-ring (bicyclic) bond motifs is 1. The molecule has 0 unspecified atom stereocenters. The van der Waals surface area contributed by atoms with Crippen LogP contribution in [0.2, 0.25) is 0 Å². The second kappa shape index (κ2) is 5.87. The normalized spacial score (nSPS) is 11.7. The quantitative estimate of drug-likeness (QED) is 0.708. The molecule has 1 N–H and O–H groups in total. The lowest BCUT2D eigenvalue weighted by atomic mass is 10.1. The molecule has 8 heteroatoms. The van der Waals surface area contributed by atoms with Crippen molar-refractivity contribution in [1.82, 2.24) is 4.98 Å². The Kier molecular flexibility index (Phi) is 4.01. The number of H-pyrrole nitrogens is 1. The number of benzene rings is 2. The van der Waals surface area contributed by atoms with Gasteiger partial charge in [0.25, 0.3) is 0 Å². The molecule has 0 amide bonds. The van der Waals surface area contributed by atoms with Crippen LogP contribution in [0.3, 0.4) is 0 Å². The van der Waals surface area contributed by atoms with Gasteiger partial charge in [-0.3, -0.25) is 4.79 Å². The molecule has 0 saturated heterocycles. The smallest absolute Gasteiger partial charge is 0.190 e. The molecule has 0 aliphatic carbocycles. The average molecular weight is 347 g/mol. The molecule has 0 fully saturated rings. The minimum atomic E-state index is -5.24. The summed E-state index contributed by atoms with van der Waals surface area (Å²) < 4.78 is 29.8. The van der Waals surface area contributed by atoms with Crippen LogP contribution in [-0.2, 0) is 4.57 Å². The molecule has 1 aromatic heterocycles. The van der Waals surface area contributed by atoms with E-state index in [1.807, 2.05) is 0 Å². The highest BCUT2D eigenvalue weighted by Gasteiger charge is 2.16. The molecule has 0 atom stereocenters. The topological polar surface area (TPSA) is 105 Å². The summed E-state index contributed by atoms with van der Waals surface area (Å²) in [4.78, 5) is 38.4. The highest BCUT2D eigenvalue weighted by atomic mass is 31.2. The Balaban J connectivity index is 2.36. The first-order valence-electron chi connectivity index (χ1n) is 6.84. The van der Waals surface area contributed by atoms with Crippen LogP contribution in [0.15, 0.2) is 47.3 Å². The van der Waals surface area contributed by atoms with Crippen molar-refractivity contribution >= 4 is 23.8 Å². The van der Waals surface area contributed by atoms with E-state index < -0.39 is 24.1 Å². The number of methoxy groups -OCH3 is 1. The molecule has 2 aromatic carbocycles. The van der Waals surface area contributed by atoms with E-state index in [1.54, 1.807) is 6.07 Å². The average Bonchev–Trinajstić information content (AvgIpc) is 2.52. The summed E-state index contributed by atoms with van der Waals surface area (Å²) in [6.45, 7) is 0. The monoisotopic (exact) mass is 347 g/mol. The first kappa shape index (κ1) is 16.4. The Hall–Kier alpha value is -2.47. The molecule has 3 aromatic rings. The first-order chi connectivity index (χ1) is 11.3. The summed E-state index contributed by atoms with van der Waals surface area (Å²) in [5.74, 6) is -0.674. The molecule has 1 heterocycles. The molecule has 24 heavy (non-hydrogen) atoms. The number of halogens is 1. The zero-order chi connectivity index (χ0) is 17.5. The fourth-order valence-corrected chi connectivity index (χ4v) is 3.50. The van der Waals surface area contributed by atoms with Crippen LogP contribution in [0.5, 0.6) is 5.75 Å². The molecule has 0 aliphatic rings. The summed E-state index contributed by atoms with van der Waals surface area (Å²) in [5, 5.41) is -0.961. The van der Waals surface area contributed by atoms with Crippen LogP contribution in [0, 0.1) is 5.82 Å². The number of aromatic amines is 1. The molecule has 0 bridgehead atoms. The van der Waals surface area contributed by atoms with Gasteiger partial charge in [-0.2, -0.15) is 0 Å². The van der Waals surface area contributed by atoms with Crippen LogP contribution in [-0.4, -0.2) is 12.1 Å². The predicted octanol–water partition coefficient (Wildman–Crippen LogP) is 0.882. The van der Waals surface area contributed by atoms with E-state index in [0.717, 1.165) is 6.07 Å². The summed E-state index contributed by atoms with van der Waals surface area (Å²) in [5.41, 5.74) is 0.182. The molecule has 0 saturated carbocycles. The Labute approximate surface area is 135 Å². The lowest BCUT2D eigenvalue weighted by molar-refractivity contribution is -0.307. The maximum absolute atomic E-state index is 13.4. The number of ether oxygens (including phenoxy) is 1. The molecular weight excluding hydrogens is 336 g/mol. The third kappa shape index (κ3) is 2.85. The summed E-state index contributed by atoms with van der Waals surface area (Å²) >= 11 is 0. The maximum atomic E-state index is 13.4. The van der Waals surface area contributed by atoms with Crippen LogP contribution in [0.4, 0.5) is 4.39 Å². The van der Waals surface area contributed by atoms with Crippen molar-refractivity contribution in [2.45, 2.75) is 0 Å². The third-order valence-corrected chi connectivity index (χ3v) is 4.55. The zero-order valence-corrected chi connectivity index (χ0v) is 13.3. The second-order valence-corrected chi connectivity index (χ2v) is 6.54. The number of nitrogens with one attached hydrogen (secondary N) is 1. The van der Waals surface area contributed by atoms with E-state index in [0.29, 0.717) is 11.3 Å². The van der Waals surface area contributed by atoms with Crippen molar-refractivity contribution in [3.8, 4) is 17.0 Å². The lowest BCUT2D eigenvalue weighted by Crippen LogP contribution is -2.29. The second-order valence-electron chi connectivity index (χ2n) is 5.09. The van der Waals surface area contributed by atoms with Crippen molar-refractivity contribution in [3.05, 3.63) is 58.5 Å². The van der Waals surface area contributed by atoms with Gasteiger partial charge in [-0.05, 0) is 31.9 Å². The van der Waals surface area contributed by atoms with E-state index in [2.05, 4.69) is 4.98 Å². The van der Waals surface area contributed by atoms with E-state index in [-0.39, 0.29) is 16.7 Å². The highest BCUT2D eigenvalue weighted by Crippen LogP contribution is 2.32. The van der Waals surface area contributed by atoms with E-state index >= 15 is 0 Å². The van der Waals surface area contributed by atoms with Crippen molar-refractivity contribution in [2.75, 3.05) is 7.11 Å². The summed E-state index contributed by atoms with van der Waals surface area (Å²) in [6.07, 6.45) is 0. The van der Waals surface area contributed by atoms with Gasteiger partial charge in [0.15, 0.2) is 5.43 Å². The molecule has 124 valence electrons. The number of hydrogen-bond acceptors (Lipinski definition) is 5. The van der Waals surface area contributed by atoms with Gasteiger partial charge in [-0.25, -0.2) is 4.39 Å². The van der Waals surface area contributed by atoms with Gasteiger partial charge >= 0.3 is 0 Å². The van der Waals surface area contributed by atoms with Gasteiger partial charge in [-0.15, -0.1) is 0 Å². The van der Waals surface area contributed by atoms with E-state index in [1.165, 1.54) is 37.4 Å². The van der Waals surface area contributed by atoms with Gasteiger partial charge in [0.05, 0.1) is 18.0 Å². The van der Waals surface area contributed by atoms with Gasteiger partial charge in [-0.1, -0.05) is 12.1 Å². The SMILES string of the molecule is COc1ccc2[nH]c(-c3cccc(F)c3)cc(=O)c2c1P(=O)([O-])[O-]. The Morgan fingerprint density at radius 1 is 1.17 bits per heavy atom. The van der Waals surface area contributed by atoms with Gasteiger partial charge in [0.1, 0.15) is 11.6 Å². The Bertz CT molecular complexity index is 1040. The van der Waals surface area contributed by atoms with Gasteiger partial charge in [0.2, 0.25) is 0 Å². The third-order valence-electron chi connectivity index (χ3n) is 3.56. The largest absolute Gasteiger partial charge is 0.807 e. The zero-order valence-electron chi connectivity index (χ0n) is 12.4. The minimum Gasteiger partial charge on any atom is -0.807 e. The van der Waals surface area contributed by atoms with Gasteiger partial charge < -0.3 is 24.1 Å². The fraction of sp³-hybridized carbons (Fsp3) is 0.0625. The standard InChI is InChI=1S/C16H13FNO5P/c1-23-14-6-5-11-15(16(14)24(20,21)22)13(19)8-12(18-11)9-3-2-4-10(17)7-9/h2-8H,1H3,(H,18,19)(H2,20,21,22)/p-2. The molecule has 0 aliphatic heterocycles. The first-order valence-corrected chi connectivity index (χ1v) is 8.38. The Morgan fingerprint density at radius 3 is 2.54 bits per heavy atom. The van der Waals surface area contributed by atoms with E-state index in [4.69, 9.17) is 4.74 Å². The van der Waals surface area contributed by atoms with E-state index in [9.17, 15) is 23.5 Å². The van der Waals surface area contributed by atoms with Crippen LogP contribution >= 0.6 is 7.60 Å². The molecule has 0 radical (unpaired) electrons. The van der Waals surface area contributed by atoms with Gasteiger partial charge in [0, 0.05) is 22.6 Å². The number of pyridine rings is 1. The molecular formula is C16H11FNO5P-2. The van der Waals surface area contributed by atoms with Crippen molar-refractivity contribution in [3.63, 3.8) is 0 Å². The van der Waals surface area contributed by atoms with Crippen LogP contribution in [0.25, 0.3) is 22.2 Å². The number of rotatable bonds is 3. The fourth-order valence-electron chi connectivity index (χ4n) is 2.56. The number of hydrogen-bond donors (Lipinski definition) is 1. The number of aromatic nitrogens is 1. The van der Waals surface area contributed by atoms with Crippen LogP contribution < -0.4 is 25.3 Å². The lowest BCUT2D eigenvalue weighted by Gasteiger charge is -2.32. The Morgan fingerprint density at radius 2 is 1.92 bits per heavy atom. The van der Waals surface area contributed by atoms with Crippen molar-refractivity contribution in [2.24, 2.45) is 0 Å². The minimum absolute atomic E-state index is 0.143. The maximum Gasteiger partial charge on any atom is 0.190 e. The van der Waals surface area contributed by atoms with Crippen LogP contribution in [0.1, 0.15) is 0 Å². The molecule has 6 nitrogen and oxygen atoms in total.